The average Bonchev–Trinajstić information content (AvgIpc) is 3.44. The molecule has 0 bridgehead atoms. The van der Waals surface area contributed by atoms with Gasteiger partial charge in [-0.1, -0.05) is 43.6 Å². The van der Waals surface area contributed by atoms with Crippen molar-refractivity contribution in [3.8, 4) is 5.75 Å². The second kappa shape index (κ2) is 9.92. The van der Waals surface area contributed by atoms with Crippen molar-refractivity contribution >= 4 is 23.2 Å². The SMILES string of the molecule is CC(C)c1ccc(OCc2ccc(C(=O)Nc3cnn(Cc4ccc(F)cc4Cl)c3)o2)cc1. The van der Waals surface area contributed by atoms with Gasteiger partial charge in [0.2, 0.25) is 0 Å². The van der Waals surface area contributed by atoms with Gasteiger partial charge in [-0.2, -0.15) is 5.10 Å². The third-order valence-corrected chi connectivity index (χ3v) is 5.40. The van der Waals surface area contributed by atoms with Crippen LogP contribution in [0.3, 0.4) is 0 Å². The molecule has 0 unspecified atom stereocenters. The van der Waals surface area contributed by atoms with Crippen LogP contribution in [0.5, 0.6) is 5.75 Å². The molecular formula is C25H23ClFN3O3. The van der Waals surface area contributed by atoms with Gasteiger partial charge in [-0.15, -0.1) is 0 Å². The Hall–Kier alpha value is -3.58. The third kappa shape index (κ3) is 5.81. The lowest BCUT2D eigenvalue weighted by Crippen LogP contribution is -2.10. The van der Waals surface area contributed by atoms with Crippen molar-refractivity contribution in [1.29, 1.82) is 0 Å². The molecule has 0 atom stereocenters. The van der Waals surface area contributed by atoms with Crippen molar-refractivity contribution in [2.24, 2.45) is 0 Å². The minimum absolute atomic E-state index is 0.165. The first-order valence-electron chi connectivity index (χ1n) is 10.5. The summed E-state index contributed by atoms with van der Waals surface area (Å²) < 4.78 is 26.2. The second-order valence-electron chi connectivity index (χ2n) is 7.89. The summed E-state index contributed by atoms with van der Waals surface area (Å²) in [4.78, 5) is 12.5. The molecule has 0 saturated heterocycles. The lowest BCUT2D eigenvalue weighted by Gasteiger charge is -2.08. The summed E-state index contributed by atoms with van der Waals surface area (Å²) in [6.45, 7) is 4.83. The van der Waals surface area contributed by atoms with E-state index in [0.29, 0.717) is 34.5 Å². The van der Waals surface area contributed by atoms with E-state index in [1.165, 1.54) is 23.9 Å². The maximum atomic E-state index is 13.2. The Morgan fingerprint density at radius 2 is 1.97 bits per heavy atom. The minimum Gasteiger partial charge on any atom is -0.486 e. The number of carbonyl (C=O) groups excluding carboxylic acids is 1. The molecule has 0 fully saturated rings. The van der Waals surface area contributed by atoms with Gasteiger partial charge >= 0.3 is 0 Å². The Bertz CT molecular complexity index is 1250. The summed E-state index contributed by atoms with van der Waals surface area (Å²) in [6.07, 6.45) is 3.18. The van der Waals surface area contributed by atoms with Crippen LogP contribution < -0.4 is 10.1 Å². The van der Waals surface area contributed by atoms with Crippen LogP contribution in [0.2, 0.25) is 5.02 Å². The van der Waals surface area contributed by atoms with Crippen LogP contribution in [0.4, 0.5) is 10.1 Å². The molecule has 1 N–H and O–H groups in total. The topological polar surface area (TPSA) is 69.3 Å². The number of hydrogen-bond donors (Lipinski definition) is 1. The number of hydrogen-bond acceptors (Lipinski definition) is 4. The van der Waals surface area contributed by atoms with E-state index in [1.807, 2.05) is 24.3 Å². The molecule has 33 heavy (non-hydrogen) atoms. The Morgan fingerprint density at radius 1 is 1.18 bits per heavy atom. The first-order valence-corrected chi connectivity index (χ1v) is 10.8. The highest BCUT2D eigenvalue weighted by Gasteiger charge is 2.13. The number of benzene rings is 2. The van der Waals surface area contributed by atoms with E-state index in [0.717, 1.165) is 5.75 Å². The number of carbonyl (C=O) groups is 1. The van der Waals surface area contributed by atoms with Crippen molar-refractivity contribution in [3.05, 3.63) is 100 Å². The molecule has 4 aromatic rings. The Morgan fingerprint density at radius 3 is 2.70 bits per heavy atom. The maximum absolute atomic E-state index is 13.2. The Labute approximate surface area is 195 Å². The second-order valence-corrected chi connectivity index (χ2v) is 8.30. The van der Waals surface area contributed by atoms with Crippen molar-refractivity contribution in [1.82, 2.24) is 9.78 Å². The van der Waals surface area contributed by atoms with Crippen LogP contribution in [0.25, 0.3) is 0 Å². The first-order chi connectivity index (χ1) is 15.9. The van der Waals surface area contributed by atoms with E-state index in [2.05, 4.69) is 24.3 Å². The fourth-order valence-electron chi connectivity index (χ4n) is 3.21. The van der Waals surface area contributed by atoms with Gasteiger partial charge in [0.1, 0.15) is 23.9 Å². The van der Waals surface area contributed by atoms with Crippen LogP contribution in [-0.4, -0.2) is 15.7 Å². The average molecular weight is 468 g/mol. The molecule has 0 spiro atoms. The normalized spacial score (nSPS) is 11.1. The van der Waals surface area contributed by atoms with Crippen LogP contribution in [0, 0.1) is 5.82 Å². The number of nitrogens with one attached hydrogen (secondary N) is 1. The lowest BCUT2D eigenvalue weighted by atomic mass is 10.0. The Kier molecular flexibility index (Phi) is 6.79. The molecular weight excluding hydrogens is 445 g/mol. The Balaban J connectivity index is 1.32. The molecule has 6 nitrogen and oxygen atoms in total. The zero-order valence-corrected chi connectivity index (χ0v) is 19.0. The molecule has 2 aromatic heterocycles. The summed E-state index contributed by atoms with van der Waals surface area (Å²) in [7, 11) is 0. The van der Waals surface area contributed by atoms with Gasteiger partial charge in [-0.3, -0.25) is 9.48 Å². The summed E-state index contributed by atoms with van der Waals surface area (Å²) in [6, 6.07) is 15.4. The van der Waals surface area contributed by atoms with Gasteiger partial charge < -0.3 is 14.5 Å². The number of amides is 1. The zero-order valence-electron chi connectivity index (χ0n) is 18.2. The predicted octanol–water partition coefficient (Wildman–Crippen LogP) is 6.27. The number of furan rings is 1. The zero-order chi connectivity index (χ0) is 23.4. The van der Waals surface area contributed by atoms with Crippen molar-refractivity contribution in [3.63, 3.8) is 0 Å². The van der Waals surface area contributed by atoms with E-state index in [-0.39, 0.29) is 12.4 Å². The van der Waals surface area contributed by atoms with Crippen LogP contribution >= 0.6 is 11.6 Å². The summed E-state index contributed by atoms with van der Waals surface area (Å²) in [5, 5.41) is 7.26. The fraction of sp³-hybridized carbons (Fsp3) is 0.200. The molecule has 1 amide bonds. The molecule has 2 heterocycles. The van der Waals surface area contributed by atoms with Gasteiger partial charge in [0.25, 0.3) is 5.91 Å². The number of aromatic nitrogens is 2. The van der Waals surface area contributed by atoms with Crippen molar-refractivity contribution < 1.29 is 18.3 Å². The van der Waals surface area contributed by atoms with Gasteiger partial charge in [-0.25, -0.2) is 4.39 Å². The third-order valence-electron chi connectivity index (χ3n) is 5.05. The van der Waals surface area contributed by atoms with E-state index >= 15 is 0 Å². The predicted molar refractivity (Wildman–Crippen MR) is 124 cm³/mol. The van der Waals surface area contributed by atoms with Gasteiger partial charge in [0, 0.05) is 11.2 Å². The van der Waals surface area contributed by atoms with Crippen molar-refractivity contribution in [2.75, 3.05) is 5.32 Å². The fourth-order valence-corrected chi connectivity index (χ4v) is 3.44. The number of halogens is 2. The molecule has 8 heteroatoms. The van der Waals surface area contributed by atoms with E-state index in [4.69, 9.17) is 20.8 Å². The number of anilines is 1. The van der Waals surface area contributed by atoms with Gasteiger partial charge in [0.05, 0.1) is 18.4 Å². The monoisotopic (exact) mass is 467 g/mol. The van der Waals surface area contributed by atoms with Crippen LogP contribution in [-0.2, 0) is 13.2 Å². The minimum atomic E-state index is -0.401. The summed E-state index contributed by atoms with van der Waals surface area (Å²) >= 11 is 6.06. The van der Waals surface area contributed by atoms with Crippen LogP contribution in [0.15, 0.2) is 71.4 Å². The van der Waals surface area contributed by atoms with E-state index in [9.17, 15) is 9.18 Å². The molecule has 2 aromatic carbocycles. The lowest BCUT2D eigenvalue weighted by molar-refractivity contribution is 0.0992. The molecule has 0 saturated carbocycles. The van der Waals surface area contributed by atoms with Gasteiger partial charge in [0.15, 0.2) is 5.76 Å². The van der Waals surface area contributed by atoms with Crippen molar-refractivity contribution in [2.45, 2.75) is 32.9 Å². The number of rotatable bonds is 8. The molecule has 0 radical (unpaired) electrons. The quantitative estimate of drug-likeness (QED) is 0.331. The number of ether oxygens (including phenoxy) is 1. The molecule has 0 aliphatic rings. The summed E-state index contributed by atoms with van der Waals surface area (Å²) in [5.74, 6) is 1.09. The highest BCUT2D eigenvalue weighted by Crippen LogP contribution is 2.21. The molecule has 0 aliphatic heterocycles. The highest BCUT2D eigenvalue weighted by molar-refractivity contribution is 6.31. The number of nitrogens with zero attached hydrogens (tertiary/aromatic N) is 2. The van der Waals surface area contributed by atoms with E-state index < -0.39 is 11.7 Å². The standard InChI is InChI=1S/C25H23ClFN3O3/c1-16(2)17-4-7-21(8-5-17)32-15-22-9-10-24(33-22)25(31)29-20-12-28-30(14-20)13-18-3-6-19(27)11-23(18)26/h3-12,14,16H,13,15H2,1-2H3,(H,29,31). The first kappa shape index (κ1) is 22.6. The maximum Gasteiger partial charge on any atom is 0.291 e. The summed E-state index contributed by atoms with van der Waals surface area (Å²) in [5.41, 5.74) is 2.45. The van der Waals surface area contributed by atoms with E-state index in [1.54, 1.807) is 29.1 Å². The van der Waals surface area contributed by atoms with Crippen LogP contribution in [0.1, 0.15) is 47.2 Å². The molecule has 4 rings (SSSR count). The molecule has 0 aliphatic carbocycles. The largest absolute Gasteiger partial charge is 0.486 e. The highest BCUT2D eigenvalue weighted by atomic mass is 35.5. The molecule has 170 valence electrons. The smallest absolute Gasteiger partial charge is 0.291 e. The van der Waals surface area contributed by atoms with Gasteiger partial charge in [-0.05, 0) is 53.4 Å².